The van der Waals surface area contributed by atoms with Crippen molar-refractivity contribution in [3.8, 4) is 5.75 Å². The summed E-state index contributed by atoms with van der Waals surface area (Å²) in [5, 5.41) is 8.48. The van der Waals surface area contributed by atoms with Crippen LogP contribution in [0.1, 0.15) is 10.4 Å². The van der Waals surface area contributed by atoms with E-state index in [2.05, 4.69) is 15.9 Å². The first-order chi connectivity index (χ1) is 7.54. The van der Waals surface area contributed by atoms with Crippen molar-refractivity contribution in [3.63, 3.8) is 0 Å². The third-order valence-electron chi connectivity index (χ3n) is 1.82. The zero-order chi connectivity index (χ0) is 12.1. The number of benzene rings is 1. The maximum absolute atomic E-state index is 11.7. The first-order valence-electron chi connectivity index (χ1n) is 4.33. The number of hydrogen-bond donors (Lipinski definition) is 1. The number of allylic oxidation sites excluding steroid dienone is 1. The molecule has 0 aliphatic carbocycles. The molecule has 17 heavy (non-hydrogen) atoms. The van der Waals surface area contributed by atoms with Crippen molar-refractivity contribution in [1.82, 2.24) is 0 Å². The van der Waals surface area contributed by atoms with Gasteiger partial charge in [-0.25, -0.2) is 4.79 Å². The number of rotatable bonds is 4. The number of ketones is 1. The minimum atomic E-state index is -1.17. The number of ether oxygens (including phenoxy) is 1. The van der Waals surface area contributed by atoms with Crippen LogP contribution in [0.3, 0.4) is 0 Å². The smallest absolute Gasteiger partial charge is 0.497 e. The van der Waals surface area contributed by atoms with Crippen molar-refractivity contribution in [3.05, 3.63) is 40.4 Å². The second-order valence-electron chi connectivity index (χ2n) is 2.89. The molecule has 6 heteroatoms. The molecule has 0 saturated heterocycles. The Balaban J connectivity index is 0.00000256. The molecular weight excluding hydrogens is 299 g/mol. The van der Waals surface area contributed by atoms with E-state index in [4.69, 9.17) is 9.84 Å². The summed E-state index contributed by atoms with van der Waals surface area (Å²) in [6.07, 6.45) is 0.812. The van der Waals surface area contributed by atoms with Crippen LogP contribution < -0.4 is 34.3 Å². The number of carbonyl (C=O) groups is 2. The number of aliphatic carboxylic acids is 1. The second kappa shape index (κ2) is 7.66. The monoisotopic (exact) mass is 307 g/mol. The van der Waals surface area contributed by atoms with E-state index in [1.54, 1.807) is 24.3 Å². The summed E-state index contributed by atoms with van der Waals surface area (Å²) < 4.78 is 4.95. The van der Waals surface area contributed by atoms with Crippen LogP contribution in [0.4, 0.5) is 0 Å². The average Bonchev–Trinajstić information content (AvgIpc) is 2.27. The predicted octanol–water partition coefficient (Wildman–Crippen LogP) is -0.755. The number of Topliss-reactive ketones (excluding diaryl/α,β-unsaturated/α-hetero) is 1. The largest absolute Gasteiger partial charge is 1.00 e. The van der Waals surface area contributed by atoms with Gasteiger partial charge < -0.3 is 9.84 Å². The molecule has 0 atom stereocenters. The van der Waals surface area contributed by atoms with E-state index in [0.29, 0.717) is 11.3 Å². The van der Waals surface area contributed by atoms with Crippen molar-refractivity contribution in [1.29, 1.82) is 0 Å². The number of carboxylic acids is 1. The van der Waals surface area contributed by atoms with Crippen LogP contribution in [-0.4, -0.2) is 24.0 Å². The Morgan fingerprint density at radius 2 is 1.82 bits per heavy atom. The van der Waals surface area contributed by atoms with Crippen molar-refractivity contribution in [2.75, 3.05) is 7.11 Å². The van der Waals surface area contributed by atoms with Gasteiger partial charge in [0.2, 0.25) is 0 Å². The van der Waals surface area contributed by atoms with Gasteiger partial charge in [0.05, 0.1) is 11.6 Å². The fraction of sp³-hybridized carbons (Fsp3) is 0.0909. The van der Waals surface area contributed by atoms with Gasteiger partial charge in [-0.2, -0.15) is 0 Å². The van der Waals surface area contributed by atoms with Crippen LogP contribution in [0.25, 0.3) is 0 Å². The molecule has 0 aliphatic rings. The van der Waals surface area contributed by atoms with Gasteiger partial charge in [-0.05, 0) is 40.2 Å². The minimum Gasteiger partial charge on any atom is -0.497 e. The van der Waals surface area contributed by atoms with Crippen LogP contribution in [-0.2, 0) is 4.79 Å². The van der Waals surface area contributed by atoms with Crippen LogP contribution >= 0.6 is 15.9 Å². The second-order valence-corrected chi connectivity index (χ2v) is 3.74. The van der Waals surface area contributed by atoms with Crippen molar-refractivity contribution in [2.45, 2.75) is 0 Å². The molecule has 0 spiro atoms. The molecule has 1 N–H and O–H groups in total. The van der Waals surface area contributed by atoms with E-state index < -0.39 is 5.97 Å². The Bertz CT molecular complexity index is 439. The molecule has 0 saturated carbocycles. The normalized spacial score (nSPS) is 10.4. The van der Waals surface area contributed by atoms with Crippen LogP contribution in [0.2, 0.25) is 0 Å². The molecule has 0 aromatic heterocycles. The van der Waals surface area contributed by atoms with Gasteiger partial charge in [-0.1, -0.05) is 0 Å². The van der Waals surface area contributed by atoms with Crippen LogP contribution in [0.5, 0.6) is 5.75 Å². The molecular formula is C11H9BrNaO4+. The molecule has 1 aromatic carbocycles. The molecule has 4 nitrogen and oxygen atoms in total. The minimum absolute atomic E-state index is 0. The summed E-state index contributed by atoms with van der Waals surface area (Å²) in [4.78, 5) is 22.0. The molecule has 0 unspecified atom stereocenters. The number of carbonyl (C=O) groups excluding carboxylic acids is 1. The Kier molecular flexibility index (Phi) is 7.38. The van der Waals surface area contributed by atoms with Gasteiger partial charge in [0.1, 0.15) is 5.75 Å². The first kappa shape index (κ1) is 16.4. The fourth-order valence-electron chi connectivity index (χ4n) is 1.05. The molecule has 1 rings (SSSR count). The maximum Gasteiger partial charge on any atom is 1.00 e. The van der Waals surface area contributed by atoms with Gasteiger partial charge in [0.15, 0.2) is 5.78 Å². The molecule has 0 bridgehead atoms. The van der Waals surface area contributed by atoms with Crippen molar-refractivity contribution >= 4 is 27.7 Å². The van der Waals surface area contributed by atoms with Crippen molar-refractivity contribution in [2.24, 2.45) is 0 Å². The topological polar surface area (TPSA) is 63.6 Å². The number of carboxylic acid groups (broad SMARTS) is 1. The van der Waals surface area contributed by atoms with E-state index in [1.165, 1.54) is 7.11 Å². The summed E-state index contributed by atoms with van der Waals surface area (Å²) in [5.74, 6) is -0.923. The van der Waals surface area contributed by atoms with Gasteiger partial charge >= 0.3 is 35.5 Å². The Hall–Kier alpha value is -0.620. The summed E-state index contributed by atoms with van der Waals surface area (Å²) in [7, 11) is 1.52. The third-order valence-corrected chi connectivity index (χ3v) is 2.41. The maximum atomic E-state index is 11.7. The Morgan fingerprint density at radius 1 is 1.29 bits per heavy atom. The standard InChI is InChI=1S/C11H9BrO4.Na/c1-16-8-4-2-7(3-5-8)11(15)9(12)6-10(13)14;/h2-6H,1H3,(H,13,14);/q;+1/b9-6-;. The van der Waals surface area contributed by atoms with Gasteiger partial charge in [-0.15, -0.1) is 0 Å². The summed E-state index contributed by atoms with van der Waals surface area (Å²) in [6.45, 7) is 0. The fourth-order valence-corrected chi connectivity index (χ4v) is 1.48. The predicted molar refractivity (Wildman–Crippen MR) is 62.0 cm³/mol. The van der Waals surface area contributed by atoms with E-state index in [0.717, 1.165) is 6.08 Å². The summed E-state index contributed by atoms with van der Waals surface area (Å²) >= 11 is 2.92. The van der Waals surface area contributed by atoms with Crippen LogP contribution in [0, 0.1) is 0 Å². The number of hydrogen-bond acceptors (Lipinski definition) is 3. The zero-order valence-electron chi connectivity index (χ0n) is 9.44. The Labute approximate surface area is 129 Å². The van der Waals surface area contributed by atoms with E-state index >= 15 is 0 Å². The van der Waals surface area contributed by atoms with E-state index in [1.807, 2.05) is 0 Å². The van der Waals surface area contributed by atoms with Gasteiger partial charge in [0.25, 0.3) is 0 Å². The van der Waals surface area contributed by atoms with Gasteiger partial charge in [0, 0.05) is 11.6 Å². The zero-order valence-corrected chi connectivity index (χ0v) is 13.0. The molecule has 84 valence electrons. The molecule has 0 amide bonds. The molecule has 0 heterocycles. The first-order valence-corrected chi connectivity index (χ1v) is 5.12. The summed E-state index contributed by atoms with van der Waals surface area (Å²) in [6, 6.07) is 6.40. The van der Waals surface area contributed by atoms with E-state index in [-0.39, 0.29) is 39.8 Å². The Morgan fingerprint density at radius 3 is 2.24 bits per heavy atom. The SMILES string of the molecule is COc1ccc(C(=O)/C(Br)=C/C(=O)O)cc1.[Na+]. The third kappa shape index (κ3) is 5.04. The quantitative estimate of drug-likeness (QED) is 0.451. The van der Waals surface area contributed by atoms with Gasteiger partial charge in [-0.3, -0.25) is 4.79 Å². The number of halogens is 1. The van der Waals surface area contributed by atoms with Crippen molar-refractivity contribution < 1.29 is 49.0 Å². The summed E-state index contributed by atoms with van der Waals surface area (Å²) in [5.41, 5.74) is 0.394. The number of methoxy groups -OCH3 is 1. The van der Waals surface area contributed by atoms with E-state index in [9.17, 15) is 9.59 Å². The average molecular weight is 308 g/mol. The molecule has 0 aliphatic heterocycles. The molecule has 0 radical (unpaired) electrons. The molecule has 0 fully saturated rings. The molecule has 1 aromatic rings. The van der Waals surface area contributed by atoms with Crippen LogP contribution in [0.15, 0.2) is 34.8 Å².